The van der Waals surface area contributed by atoms with Crippen molar-refractivity contribution in [1.29, 1.82) is 0 Å². The Labute approximate surface area is 196 Å². The average Bonchev–Trinajstić information content (AvgIpc) is 2.82. The molecule has 0 aliphatic carbocycles. The van der Waals surface area contributed by atoms with Crippen molar-refractivity contribution < 1.29 is 9.47 Å². The molecule has 7 heteroatoms. The van der Waals surface area contributed by atoms with Crippen LogP contribution in [0, 0.1) is 0 Å². The van der Waals surface area contributed by atoms with Gasteiger partial charge < -0.3 is 14.8 Å². The number of benzene rings is 1. The van der Waals surface area contributed by atoms with E-state index in [0.717, 1.165) is 48.7 Å². The normalized spacial score (nSPS) is 16.7. The van der Waals surface area contributed by atoms with Crippen LogP contribution in [0.25, 0.3) is 0 Å². The van der Waals surface area contributed by atoms with Crippen LogP contribution in [0.15, 0.2) is 55.1 Å². The largest absolute Gasteiger partial charge is 0.491 e. The molecule has 33 heavy (non-hydrogen) atoms. The van der Waals surface area contributed by atoms with Gasteiger partial charge in [-0.3, -0.25) is 14.9 Å². The first-order chi connectivity index (χ1) is 16.1. The summed E-state index contributed by atoms with van der Waals surface area (Å²) in [7, 11) is 1.72. The molecule has 3 heterocycles. The van der Waals surface area contributed by atoms with Crippen LogP contribution in [-0.2, 0) is 17.9 Å². The maximum absolute atomic E-state index is 5.95. The number of hydrogen-bond acceptors (Lipinski definition) is 7. The second kappa shape index (κ2) is 11.2. The van der Waals surface area contributed by atoms with Crippen LogP contribution in [0.3, 0.4) is 0 Å². The molecule has 4 rings (SSSR count). The molecule has 1 aliphatic heterocycles. The van der Waals surface area contributed by atoms with E-state index in [-0.39, 0.29) is 6.10 Å². The fourth-order valence-corrected chi connectivity index (χ4v) is 4.30. The third kappa shape index (κ3) is 6.49. The van der Waals surface area contributed by atoms with Crippen molar-refractivity contribution in [3.8, 4) is 5.75 Å². The van der Waals surface area contributed by atoms with Gasteiger partial charge in [0.25, 0.3) is 0 Å². The van der Waals surface area contributed by atoms with E-state index in [0.29, 0.717) is 18.3 Å². The van der Waals surface area contributed by atoms with E-state index in [1.807, 2.05) is 20.0 Å². The van der Waals surface area contributed by atoms with Crippen molar-refractivity contribution >= 4 is 11.5 Å². The molecule has 0 radical (unpaired) electrons. The summed E-state index contributed by atoms with van der Waals surface area (Å²) in [6.45, 7) is 7.68. The Bertz CT molecular complexity index is 1010. The van der Waals surface area contributed by atoms with E-state index >= 15 is 0 Å². The third-order valence-electron chi connectivity index (χ3n) is 5.74. The van der Waals surface area contributed by atoms with Crippen LogP contribution in [0.5, 0.6) is 5.75 Å². The first-order valence-electron chi connectivity index (χ1n) is 11.6. The summed E-state index contributed by atoms with van der Waals surface area (Å²) in [5.74, 6) is 2.06. The smallest absolute Gasteiger partial charge is 0.148 e. The topological polar surface area (TPSA) is 72.4 Å². The molecular formula is C26H33N5O2. The highest BCUT2D eigenvalue weighted by atomic mass is 16.5. The Balaban J connectivity index is 1.39. The van der Waals surface area contributed by atoms with Gasteiger partial charge in [-0.25, -0.2) is 4.98 Å². The van der Waals surface area contributed by atoms with E-state index < -0.39 is 0 Å². The van der Waals surface area contributed by atoms with Crippen LogP contribution < -0.4 is 10.1 Å². The summed E-state index contributed by atoms with van der Waals surface area (Å²) < 4.78 is 11.4. The molecule has 0 saturated carbocycles. The van der Waals surface area contributed by atoms with Crippen molar-refractivity contribution in [2.45, 2.75) is 51.9 Å². The number of pyridine rings is 1. The van der Waals surface area contributed by atoms with Crippen LogP contribution in [0.1, 0.15) is 49.4 Å². The maximum Gasteiger partial charge on any atom is 0.148 e. The van der Waals surface area contributed by atoms with Gasteiger partial charge in [-0.2, -0.15) is 0 Å². The summed E-state index contributed by atoms with van der Waals surface area (Å²) in [6, 6.07) is 10.7. The maximum atomic E-state index is 5.95. The Kier molecular flexibility index (Phi) is 7.86. The second-order valence-corrected chi connectivity index (χ2v) is 8.80. The molecule has 1 atom stereocenters. The Hall–Kier alpha value is -3.03. The van der Waals surface area contributed by atoms with Gasteiger partial charge in [-0.15, -0.1) is 0 Å². The molecule has 0 unspecified atom stereocenters. The number of hydrogen-bond donors (Lipinski definition) is 1. The van der Waals surface area contributed by atoms with E-state index in [1.54, 1.807) is 25.7 Å². The van der Waals surface area contributed by atoms with Crippen molar-refractivity contribution in [1.82, 2.24) is 19.9 Å². The fraction of sp³-hybridized carbons (Fsp3) is 0.423. The number of ether oxygens (including phenoxy) is 2. The van der Waals surface area contributed by atoms with Crippen molar-refractivity contribution in [2.24, 2.45) is 0 Å². The zero-order chi connectivity index (χ0) is 23.0. The zero-order valence-electron chi connectivity index (χ0n) is 19.7. The van der Waals surface area contributed by atoms with Gasteiger partial charge in [-0.1, -0.05) is 6.07 Å². The van der Waals surface area contributed by atoms with Crippen LogP contribution in [0.2, 0.25) is 0 Å². The highest BCUT2D eigenvalue weighted by Crippen LogP contribution is 2.29. The number of rotatable bonds is 9. The lowest BCUT2D eigenvalue weighted by atomic mass is 9.93. The summed E-state index contributed by atoms with van der Waals surface area (Å²) in [5, 5.41) is 3.24. The SMILES string of the molecule is COCc1cc(CN2CCC[C@H](c3ccc(Nc4cnccn4)cn3)C2)ccc1OC(C)C. The lowest BCUT2D eigenvalue weighted by Gasteiger charge is -2.32. The zero-order valence-corrected chi connectivity index (χ0v) is 19.7. The molecule has 1 saturated heterocycles. The van der Waals surface area contributed by atoms with Crippen LogP contribution in [-0.4, -0.2) is 46.2 Å². The minimum atomic E-state index is 0.143. The van der Waals surface area contributed by atoms with Crippen LogP contribution in [0.4, 0.5) is 11.5 Å². The standard InChI is InChI=1S/C26H33N5O2/c1-19(2)33-25-9-6-20(13-22(25)18-32-3)16-31-12-4-5-21(17-31)24-8-7-23(14-29-24)30-26-15-27-10-11-28-26/h6-11,13-15,19,21H,4-5,12,16-18H2,1-3H3,(H,28,30)/t21-/m0/s1. The molecule has 1 aromatic carbocycles. The third-order valence-corrected chi connectivity index (χ3v) is 5.74. The van der Waals surface area contributed by atoms with Crippen molar-refractivity contribution in [3.05, 3.63) is 71.9 Å². The summed E-state index contributed by atoms with van der Waals surface area (Å²) in [5.41, 5.74) is 4.45. The van der Waals surface area contributed by atoms with Crippen LogP contribution >= 0.6 is 0 Å². The second-order valence-electron chi connectivity index (χ2n) is 8.80. The number of nitrogens with zero attached hydrogens (tertiary/aromatic N) is 4. The Morgan fingerprint density at radius 3 is 2.76 bits per heavy atom. The van der Waals surface area contributed by atoms with Gasteiger partial charge in [0, 0.05) is 49.8 Å². The van der Waals surface area contributed by atoms with Gasteiger partial charge in [0.05, 0.1) is 30.8 Å². The number of piperidine rings is 1. The molecule has 1 N–H and O–H groups in total. The molecule has 174 valence electrons. The minimum absolute atomic E-state index is 0.143. The first-order valence-corrected chi connectivity index (χ1v) is 11.6. The lowest BCUT2D eigenvalue weighted by Crippen LogP contribution is -2.34. The predicted octanol–water partition coefficient (Wildman–Crippen LogP) is 4.93. The molecule has 7 nitrogen and oxygen atoms in total. The lowest BCUT2D eigenvalue weighted by molar-refractivity contribution is 0.174. The molecule has 1 fully saturated rings. The molecule has 0 amide bonds. The Morgan fingerprint density at radius 1 is 1.12 bits per heavy atom. The average molecular weight is 448 g/mol. The highest BCUT2D eigenvalue weighted by Gasteiger charge is 2.22. The van der Waals surface area contributed by atoms with E-state index in [1.165, 1.54) is 12.0 Å². The molecule has 3 aromatic rings. The Morgan fingerprint density at radius 2 is 2.03 bits per heavy atom. The summed E-state index contributed by atoms with van der Waals surface area (Å²) in [6.07, 6.45) is 9.39. The molecular weight excluding hydrogens is 414 g/mol. The van der Waals surface area contributed by atoms with Gasteiger partial charge in [-0.05, 0) is 63.1 Å². The van der Waals surface area contributed by atoms with Crippen molar-refractivity contribution in [2.75, 3.05) is 25.5 Å². The summed E-state index contributed by atoms with van der Waals surface area (Å²) >= 11 is 0. The molecule has 0 spiro atoms. The van der Waals surface area contributed by atoms with Gasteiger partial charge in [0.15, 0.2) is 0 Å². The molecule has 0 bridgehead atoms. The number of aromatic nitrogens is 3. The van der Waals surface area contributed by atoms with E-state index in [9.17, 15) is 0 Å². The molecule has 2 aromatic heterocycles. The quantitative estimate of drug-likeness (QED) is 0.499. The van der Waals surface area contributed by atoms with Gasteiger partial charge >= 0.3 is 0 Å². The summed E-state index contributed by atoms with van der Waals surface area (Å²) in [4.78, 5) is 15.6. The minimum Gasteiger partial charge on any atom is -0.491 e. The monoisotopic (exact) mass is 447 g/mol. The number of anilines is 2. The number of likely N-dealkylation sites (tertiary alicyclic amines) is 1. The van der Waals surface area contributed by atoms with Crippen molar-refractivity contribution in [3.63, 3.8) is 0 Å². The predicted molar refractivity (Wildman–Crippen MR) is 130 cm³/mol. The number of nitrogens with one attached hydrogen (secondary N) is 1. The first kappa shape index (κ1) is 23.1. The number of methoxy groups -OCH3 is 1. The highest BCUT2D eigenvalue weighted by molar-refractivity contribution is 5.53. The van der Waals surface area contributed by atoms with Gasteiger partial charge in [0.1, 0.15) is 11.6 Å². The van der Waals surface area contributed by atoms with Gasteiger partial charge in [0.2, 0.25) is 0 Å². The van der Waals surface area contributed by atoms with E-state index in [2.05, 4.69) is 50.5 Å². The fourth-order valence-electron chi connectivity index (χ4n) is 4.30. The molecule has 1 aliphatic rings. The van der Waals surface area contributed by atoms with E-state index in [4.69, 9.17) is 14.5 Å².